The number of carbonyl (C=O) groups is 1. The van der Waals surface area contributed by atoms with Gasteiger partial charge in [0.05, 0.1) is 29.0 Å². The summed E-state index contributed by atoms with van der Waals surface area (Å²) in [7, 11) is 1.50. The summed E-state index contributed by atoms with van der Waals surface area (Å²) >= 11 is 6.01. The van der Waals surface area contributed by atoms with Gasteiger partial charge in [0.1, 0.15) is 23.6 Å². The minimum Gasteiger partial charge on any atom is -0.495 e. The molecule has 0 N–H and O–H groups in total. The molecule has 3 heterocycles. The number of rotatable bonds is 4. The van der Waals surface area contributed by atoms with Crippen LogP contribution in [0.1, 0.15) is 12.6 Å². The number of ether oxygens (including phenoxy) is 1. The number of benzene rings is 1. The Hall–Kier alpha value is -2.87. The van der Waals surface area contributed by atoms with Gasteiger partial charge in [0, 0.05) is 37.9 Å². The third-order valence-electron chi connectivity index (χ3n) is 5.47. The second-order valence-corrected chi connectivity index (χ2v) is 7.84. The summed E-state index contributed by atoms with van der Waals surface area (Å²) in [6.07, 6.45) is 1.72. The molecule has 2 aromatic heterocycles. The Morgan fingerprint density at radius 1 is 1.37 bits per heavy atom. The topological polar surface area (TPSA) is 63.5 Å². The van der Waals surface area contributed by atoms with Crippen LogP contribution < -0.4 is 9.64 Å². The Labute approximate surface area is 179 Å². The molecule has 4 rings (SSSR count). The van der Waals surface area contributed by atoms with E-state index in [9.17, 15) is 9.18 Å². The zero-order valence-corrected chi connectivity index (χ0v) is 17.9. The van der Waals surface area contributed by atoms with Crippen molar-refractivity contribution in [2.24, 2.45) is 0 Å². The number of aryl methyl sites for hydroxylation is 1. The summed E-state index contributed by atoms with van der Waals surface area (Å²) in [5.74, 6) is -0.00269. The van der Waals surface area contributed by atoms with E-state index in [1.807, 2.05) is 35.8 Å². The van der Waals surface area contributed by atoms with Crippen LogP contribution in [0.15, 0.2) is 30.5 Å². The zero-order valence-electron chi connectivity index (χ0n) is 17.1. The molecule has 1 fully saturated rings. The van der Waals surface area contributed by atoms with Crippen molar-refractivity contribution in [3.05, 3.63) is 47.0 Å². The molecular weight excluding hydrogens is 409 g/mol. The molecule has 1 unspecified atom stereocenters. The minimum atomic E-state index is -0.404. The summed E-state index contributed by atoms with van der Waals surface area (Å²) in [4.78, 5) is 21.1. The summed E-state index contributed by atoms with van der Waals surface area (Å²) in [6, 6.07) is 6.52. The summed E-state index contributed by atoms with van der Waals surface area (Å²) in [5.41, 5.74) is 2.86. The van der Waals surface area contributed by atoms with Gasteiger partial charge in [-0.1, -0.05) is 11.6 Å². The molecule has 0 radical (unpaired) electrons. The van der Waals surface area contributed by atoms with E-state index in [2.05, 4.69) is 10.1 Å². The molecule has 158 valence electrons. The first-order chi connectivity index (χ1) is 14.4. The molecule has 0 spiro atoms. The van der Waals surface area contributed by atoms with Gasteiger partial charge in [0.15, 0.2) is 0 Å². The van der Waals surface area contributed by atoms with E-state index in [1.54, 1.807) is 16.9 Å². The molecule has 7 nitrogen and oxygen atoms in total. The van der Waals surface area contributed by atoms with Crippen molar-refractivity contribution in [1.29, 1.82) is 0 Å². The fourth-order valence-electron chi connectivity index (χ4n) is 3.97. The number of piperazine rings is 1. The second kappa shape index (κ2) is 8.10. The van der Waals surface area contributed by atoms with Crippen molar-refractivity contribution in [2.45, 2.75) is 26.4 Å². The van der Waals surface area contributed by atoms with Crippen molar-refractivity contribution in [3.8, 4) is 5.75 Å². The van der Waals surface area contributed by atoms with Crippen LogP contribution in [0.2, 0.25) is 5.02 Å². The number of fused-ring (bicyclic) bond motifs is 1. The van der Waals surface area contributed by atoms with Gasteiger partial charge in [0.2, 0.25) is 5.91 Å². The lowest BCUT2D eigenvalue weighted by atomic mass is 10.1. The average Bonchev–Trinajstić information content (AvgIpc) is 3.03. The molecule has 1 saturated heterocycles. The second-order valence-electron chi connectivity index (χ2n) is 7.43. The normalized spacial score (nSPS) is 16.9. The first-order valence-corrected chi connectivity index (χ1v) is 10.1. The standard InChI is InChI=1S/C21H23ClFN5O2/c1-13-11-26(18-10-19(30-3)15(22)9-16(18)23)7-8-27(13)20(29)12-28-17-5-4-6-24-21(17)14(2)25-28/h4-6,9-10,13H,7-8,11-12H2,1-3H3. The van der Waals surface area contributed by atoms with Crippen molar-refractivity contribution < 1.29 is 13.9 Å². The van der Waals surface area contributed by atoms with Gasteiger partial charge >= 0.3 is 0 Å². The van der Waals surface area contributed by atoms with Gasteiger partial charge in [-0.25, -0.2) is 4.39 Å². The number of pyridine rings is 1. The summed E-state index contributed by atoms with van der Waals surface area (Å²) in [6.45, 7) is 5.49. The van der Waals surface area contributed by atoms with Crippen LogP contribution in [0.5, 0.6) is 5.75 Å². The Morgan fingerprint density at radius 3 is 2.90 bits per heavy atom. The van der Waals surface area contributed by atoms with Gasteiger partial charge in [-0.05, 0) is 32.0 Å². The Bertz CT molecular complexity index is 1100. The number of hydrogen-bond acceptors (Lipinski definition) is 5. The predicted molar refractivity (Wildman–Crippen MR) is 114 cm³/mol. The molecule has 1 aromatic carbocycles. The maximum absolute atomic E-state index is 14.5. The molecule has 0 saturated carbocycles. The molecule has 1 amide bonds. The third-order valence-corrected chi connectivity index (χ3v) is 5.77. The van der Waals surface area contributed by atoms with Crippen LogP contribution in [-0.2, 0) is 11.3 Å². The number of halogens is 2. The van der Waals surface area contributed by atoms with Crippen molar-refractivity contribution >= 4 is 34.2 Å². The van der Waals surface area contributed by atoms with E-state index in [-0.39, 0.29) is 23.5 Å². The fraction of sp³-hybridized carbons (Fsp3) is 0.381. The van der Waals surface area contributed by atoms with E-state index in [0.29, 0.717) is 31.1 Å². The molecule has 30 heavy (non-hydrogen) atoms. The molecule has 3 aromatic rings. The molecule has 0 aliphatic carbocycles. The predicted octanol–water partition coefficient (Wildman–Crippen LogP) is 3.28. The number of aromatic nitrogens is 3. The quantitative estimate of drug-likeness (QED) is 0.634. The number of nitrogens with zero attached hydrogens (tertiary/aromatic N) is 5. The van der Waals surface area contributed by atoms with Crippen molar-refractivity contribution in [1.82, 2.24) is 19.7 Å². The van der Waals surface area contributed by atoms with E-state index in [4.69, 9.17) is 16.3 Å². The van der Waals surface area contributed by atoms with E-state index in [0.717, 1.165) is 16.7 Å². The maximum atomic E-state index is 14.5. The highest BCUT2D eigenvalue weighted by molar-refractivity contribution is 6.32. The zero-order chi connectivity index (χ0) is 21.4. The highest BCUT2D eigenvalue weighted by Crippen LogP contribution is 2.33. The Kier molecular flexibility index (Phi) is 5.51. The number of amides is 1. The molecule has 1 aliphatic heterocycles. The van der Waals surface area contributed by atoms with Crippen LogP contribution in [0.4, 0.5) is 10.1 Å². The number of anilines is 1. The van der Waals surface area contributed by atoms with Crippen LogP contribution in [0.3, 0.4) is 0 Å². The Balaban J connectivity index is 1.49. The lowest BCUT2D eigenvalue weighted by molar-refractivity contribution is -0.134. The van der Waals surface area contributed by atoms with E-state index < -0.39 is 5.82 Å². The van der Waals surface area contributed by atoms with Crippen molar-refractivity contribution in [2.75, 3.05) is 31.6 Å². The molecule has 1 aliphatic rings. The van der Waals surface area contributed by atoms with Crippen LogP contribution in [0.25, 0.3) is 11.0 Å². The van der Waals surface area contributed by atoms with Gasteiger partial charge in [-0.15, -0.1) is 0 Å². The van der Waals surface area contributed by atoms with Crippen molar-refractivity contribution in [3.63, 3.8) is 0 Å². The van der Waals surface area contributed by atoms with Crippen LogP contribution in [-0.4, -0.2) is 58.4 Å². The summed E-state index contributed by atoms with van der Waals surface area (Å²) in [5, 5.41) is 4.70. The lowest BCUT2D eigenvalue weighted by Crippen LogP contribution is -2.55. The first-order valence-electron chi connectivity index (χ1n) is 9.74. The largest absolute Gasteiger partial charge is 0.495 e. The van der Waals surface area contributed by atoms with Gasteiger partial charge in [-0.2, -0.15) is 5.10 Å². The SMILES string of the molecule is COc1cc(N2CCN(C(=O)Cn3nc(C)c4ncccc43)C(C)C2)c(F)cc1Cl. The molecule has 1 atom stereocenters. The fourth-order valence-corrected chi connectivity index (χ4v) is 4.20. The smallest absolute Gasteiger partial charge is 0.244 e. The number of carbonyl (C=O) groups excluding carboxylic acids is 1. The lowest BCUT2D eigenvalue weighted by Gasteiger charge is -2.41. The highest BCUT2D eigenvalue weighted by Gasteiger charge is 2.29. The average molecular weight is 432 g/mol. The number of hydrogen-bond donors (Lipinski definition) is 0. The maximum Gasteiger partial charge on any atom is 0.244 e. The monoisotopic (exact) mass is 431 g/mol. The summed E-state index contributed by atoms with van der Waals surface area (Å²) < 4.78 is 21.4. The van der Waals surface area contributed by atoms with Crippen LogP contribution >= 0.6 is 11.6 Å². The third kappa shape index (κ3) is 3.67. The van der Waals surface area contributed by atoms with Gasteiger partial charge < -0.3 is 14.5 Å². The van der Waals surface area contributed by atoms with Crippen LogP contribution in [0, 0.1) is 12.7 Å². The minimum absolute atomic E-state index is 0.0236. The molecule has 9 heteroatoms. The van der Waals surface area contributed by atoms with Gasteiger partial charge in [-0.3, -0.25) is 14.5 Å². The van der Waals surface area contributed by atoms with E-state index >= 15 is 0 Å². The van der Waals surface area contributed by atoms with E-state index in [1.165, 1.54) is 13.2 Å². The number of methoxy groups -OCH3 is 1. The highest BCUT2D eigenvalue weighted by atomic mass is 35.5. The van der Waals surface area contributed by atoms with Gasteiger partial charge in [0.25, 0.3) is 0 Å². The molecular formula is C21H23ClFN5O2. The molecule has 0 bridgehead atoms. The first kappa shape index (κ1) is 20.4. The Morgan fingerprint density at radius 2 is 2.17 bits per heavy atom.